The normalized spacial score (nSPS) is 23.3. The molecule has 3 heterocycles. The first-order valence-electron chi connectivity index (χ1n) is 9.61. The van der Waals surface area contributed by atoms with E-state index in [1.54, 1.807) is 10.9 Å². The maximum atomic E-state index is 12.4. The Morgan fingerprint density at radius 2 is 1.96 bits per heavy atom. The van der Waals surface area contributed by atoms with E-state index in [0.29, 0.717) is 17.0 Å². The van der Waals surface area contributed by atoms with E-state index in [0.717, 1.165) is 31.5 Å². The Balaban J connectivity index is 1.77. The molecule has 0 aromatic carbocycles. The van der Waals surface area contributed by atoms with Gasteiger partial charge in [0.1, 0.15) is 5.39 Å². The van der Waals surface area contributed by atoms with Gasteiger partial charge in [0.15, 0.2) is 5.65 Å². The summed E-state index contributed by atoms with van der Waals surface area (Å²) >= 11 is 0. The summed E-state index contributed by atoms with van der Waals surface area (Å²) in [5, 5.41) is 8.25. The van der Waals surface area contributed by atoms with Gasteiger partial charge < -0.3 is 10.2 Å². The van der Waals surface area contributed by atoms with Crippen molar-refractivity contribution in [3.63, 3.8) is 0 Å². The number of anilines is 1. The number of piperidine rings is 1. The number of likely N-dealkylation sites (tertiary alicyclic amines) is 1. The van der Waals surface area contributed by atoms with Crippen LogP contribution in [-0.4, -0.2) is 50.3 Å². The van der Waals surface area contributed by atoms with Crippen LogP contribution in [0.4, 0.5) is 5.95 Å². The number of hydrogen-bond acceptors (Lipinski definition) is 5. The number of aromatic nitrogens is 4. The smallest absolute Gasteiger partial charge is 0.263 e. The fourth-order valence-electron chi connectivity index (χ4n) is 4.09. The lowest BCUT2D eigenvalue weighted by molar-refractivity contribution is 0.138. The summed E-state index contributed by atoms with van der Waals surface area (Å²) in [6, 6.07) is 0.194. The zero-order valence-electron chi connectivity index (χ0n) is 16.8. The van der Waals surface area contributed by atoms with Crippen LogP contribution in [0.5, 0.6) is 0 Å². The van der Waals surface area contributed by atoms with Gasteiger partial charge in [0.25, 0.3) is 5.56 Å². The Labute approximate surface area is 155 Å². The molecule has 1 fully saturated rings. The molecular weight excluding hydrogens is 328 g/mol. The first-order chi connectivity index (χ1) is 12.1. The Bertz CT molecular complexity index is 808. The van der Waals surface area contributed by atoms with Crippen molar-refractivity contribution < 1.29 is 0 Å². The maximum Gasteiger partial charge on any atom is 0.263 e. The average Bonchev–Trinajstić information content (AvgIpc) is 2.90. The number of nitrogens with zero attached hydrogens (tertiary/aromatic N) is 4. The minimum Gasteiger partial charge on any atom is -0.352 e. The van der Waals surface area contributed by atoms with Crippen molar-refractivity contribution in [3.05, 3.63) is 16.6 Å². The number of rotatable bonds is 4. The molecule has 2 N–H and O–H groups in total. The highest BCUT2D eigenvalue weighted by Gasteiger charge is 2.24. The number of aromatic amines is 1. The van der Waals surface area contributed by atoms with E-state index in [2.05, 4.69) is 66.8 Å². The predicted octanol–water partition coefficient (Wildman–Crippen LogP) is 2.65. The summed E-state index contributed by atoms with van der Waals surface area (Å²) in [6.07, 6.45) is 2.90. The lowest BCUT2D eigenvalue weighted by atomic mass is 9.92. The molecule has 0 radical (unpaired) electrons. The van der Waals surface area contributed by atoms with Gasteiger partial charge in [0.05, 0.1) is 11.7 Å². The SMILES string of the molecule is CC1CC(C)CN(CC(C)Nc2nc3c(cnn3C(C)(C)C)c(=O)[nH]2)C1. The van der Waals surface area contributed by atoms with Crippen LogP contribution in [0.3, 0.4) is 0 Å². The van der Waals surface area contributed by atoms with Gasteiger partial charge in [0, 0.05) is 25.7 Å². The van der Waals surface area contributed by atoms with Gasteiger partial charge in [-0.2, -0.15) is 10.1 Å². The summed E-state index contributed by atoms with van der Waals surface area (Å²) in [5.41, 5.74) is 0.238. The van der Waals surface area contributed by atoms with Gasteiger partial charge in [-0.1, -0.05) is 13.8 Å². The van der Waals surface area contributed by atoms with Crippen LogP contribution >= 0.6 is 0 Å². The molecule has 7 heteroatoms. The molecule has 3 atom stereocenters. The van der Waals surface area contributed by atoms with E-state index in [-0.39, 0.29) is 17.1 Å². The third-order valence-corrected chi connectivity index (χ3v) is 4.93. The van der Waals surface area contributed by atoms with Gasteiger partial charge in [-0.25, -0.2) is 4.68 Å². The predicted molar refractivity (Wildman–Crippen MR) is 106 cm³/mol. The fourth-order valence-corrected chi connectivity index (χ4v) is 4.09. The number of fused-ring (bicyclic) bond motifs is 1. The van der Waals surface area contributed by atoms with E-state index in [1.807, 2.05) is 0 Å². The summed E-state index contributed by atoms with van der Waals surface area (Å²) in [7, 11) is 0. The van der Waals surface area contributed by atoms with Gasteiger partial charge in [-0.3, -0.25) is 9.78 Å². The molecule has 1 aliphatic heterocycles. The quantitative estimate of drug-likeness (QED) is 0.876. The minimum absolute atomic E-state index is 0.152. The molecule has 1 saturated heterocycles. The highest BCUT2D eigenvalue weighted by Crippen LogP contribution is 2.22. The number of H-pyrrole nitrogens is 1. The van der Waals surface area contributed by atoms with Crippen LogP contribution in [0.2, 0.25) is 0 Å². The molecule has 3 unspecified atom stereocenters. The first-order valence-corrected chi connectivity index (χ1v) is 9.61. The summed E-state index contributed by atoms with van der Waals surface area (Å²) < 4.78 is 1.81. The number of nitrogens with one attached hydrogen (secondary N) is 2. The van der Waals surface area contributed by atoms with Crippen LogP contribution in [-0.2, 0) is 5.54 Å². The van der Waals surface area contributed by atoms with Crippen molar-refractivity contribution in [1.29, 1.82) is 0 Å². The van der Waals surface area contributed by atoms with Crippen molar-refractivity contribution in [3.8, 4) is 0 Å². The molecular formula is C19H32N6O. The zero-order chi connectivity index (χ0) is 19.1. The van der Waals surface area contributed by atoms with Crippen molar-refractivity contribution in [1.82, 2.24) is 24.6 Å². The molecule has 1 aliphatic rings. The summed E-state index contributed by atoms with van der Waals surface area (Å²) in [6.45, 7) is 16.1. The van der Waals surface area contributed by atoms with Gasteiger partial charge in [-0.05, 0) is 46.0 Å². The molecule has 0 saturated carbocycles. The van der Waals surface area contributed by atoms with Crippen LogP contribution < -0.4 is 10.9 Å². The van der Waals surface area contributed by atoms with Crippen molar-refractivity contribution in [2.24, 2.45) is 11.8 Å². The van der Waals surface area contributed by atoms with Gasteiger partial charge in [-0.15, -0.1) is 0 Å². The lowest BCUT2D eigenvalue weighted by Gasteiger charge is -2.36. The molecule has 144 valence electrons. The highest BCUT2D eigenvalue weighted by molar-refractivity contribution is 5.74. The van der Waals surface area contributed by atoms with Crippen LogP contribution in [0.1, 0.15) is 48.0 Å². The van der Waals surface area contributed by atoms with Crippen molar-refractivity contribution in [2.45, 2.75) is 59.5 Å². The molecule has 0 spiro atoms. The van der Waals surface area contributed by atoms with Crippen molar-refractivity contribution in [2.75, 3.05) is 25.0 Å². The van der Waals surface area contributed by atoms with Crippen molar-refractivity contribution >= 4 is 17.0 Å². The first kappa shape index (κ1) is 18.9. The lowest BCUT2D eigenvalue weighted by Crippen LogP contribution is -2.44. The van der Waals surface area contributed by atoms with E-state index >= 15 is 0 Å². The maximum absolute atomic E-state index is 12.4. The van der Waals surface area contributed by atoms with Gasteiger partial charge in [0.2, 0.25) is 5.95 Å². The van der Waals surface area contributed by atoms with E-state index in [9.17, 15) is 4.79 Å². The van der Waals surface area contributed by atoms with Crippen LogP contribution in [0.25, 0.3) is 11.0 Å². The minimum atomic E-state index is -0.231. The molecule has 2 aromatic rings. The fraction of sp³-hybridized carbons (Fsp3) is 0.737. The Hall–Kier alpha value is -1.89. The second-order valence-electron chi connectivity index (χ2n) is 9.09. The standard InChI is InChI=1S/C19H32N6O/c1-12-7-13(2)10-24(9-12)11-14(3)21-18-22-16-15(17(26)23-18)8-20-25(16)19(4,5)6/h8,12-14H,7,9-11H2,1-6H3,(H2,21,22,23,26). The molecule has 3 rings (SSSR count). The van der Waals surface area contributed by atoms with Gasteiger partial charge >= 0.3 is 0 Å². The van der Waals surface area contributed by atoms with E-state index in [1.165, 1.54) is 6.42 Å². The van der Waals surface area contributed by atoms with E-state index < -0.39 is 0 Å². The molecule has 0 amide bonds. The largest absolute Gasteiger partial charge is 0.352 e. The number of hydrogen-bond donors (Lipinski definition) is 2. The molecule has 0 aliphatic carbocycles. The topological polar surface area (TPSA) is 78.8 Å². The Morgan fingerprint density at radius 1 is 1.31 bits per heavy atom. The second kappa shape index (κ2) is 7.02. The monoisotopic (exact) mass is 360 g/mol. The van der Waals surface area contributed by atoms with Crippen LogP contribution in [0, 0.1) is 11.8 Å². The molecule has 26 heavy (non-hydrogen) atoms. The highest BCUT2D eigenvalue weighted by atomic mass is 16.1. The summed E-state index contributed by atoms with van der Waals surface area (Å²) in [4.78, 5) is 22.4. The molecule has 2 aromatic heterocycles. The van der Waals surface area contributed by atoms with E-state index in [4.69, 9.17) is 0 Å². The summed E-state index contributed by atoms with van der Waals surface area (Å²) in [5.74, 6) is 1.99. The molecule has 7 nitrogen and oxygen atoms in total. The third-order valence-electron chi connectivity index (χ3n) is 4.93. The zero-order valence-corrected chi connectivity index (χ0v) is 16.8. The second-order valence-corrected chi connectivity index (χ2v) is 9.09. The average molecular weight is 361 g/mol. The molecule has 0 bridgehead atoms. The Morgan fingerprint density at radius 3 is 2.58 bits per heavy atom. The van der Waals surface area contributed by atoms with Crippen LogP contribution in [0.15, 0.2) is 11.0 Å². The third kappa shape index (κ3) is 4.09. The Kier molecular flexibility index (Phi) is 5.10.